The monoisotopic (exact) mass is 398 g/mol. The molecule has 3 rings (SSSR count). The van der Waals surface area contributed by atoms with Crippen LogP contribution >= 0.6 is 15.9 Å². The minimum absolute atomic E-state index is 0.0755. The van der Waals surface area contributed by atoms with Gasteiger partial charge in [-0.3, -0.25) is 4.79 Å². The van der Waals surface area contributed by atoms with Crippen LogP contribution in [-0.4, -0.2) is 20.4 Å². The SMILES string of the molecule is O=C(NCc1ccc(S(=O)(=O)NC2CC2)cc1)c1ccc(Br)o1. The Kier molecular flexibility index (Phi) is 4.56. The predicted molar refractivity (Wildman–Crippen MR) is 87.4 cm³/mol. The van der Waals surface area contributed by atoms with E-state index in [1.807, 2.05) is 0 Å². The minimum Gasteiger partial charge on any atom is -0.444 e. The van der Waals surface area contributed by atoms with Gasteiger partial charge in [0.2, 0.25) is 10.0 Å². The number of carbonyl (C=O) groups excluding carboxylic acids is 1. The van der Waals surface area contributed by atoms with Gasteiger partial charge in [-0.15, -0.1) is 0 Å². The molecule has 1 aliphatic rings. The number of hydrogen-bond donors (Lipinski definition) is 2. The molecule has 0 saturated heterocycles. The van der Waals surface area contributed by atoms with E-state index < -0.39 is 10.0 Å². The first-order valence-corrected chi connectivity index (χ1v) is 9.36. The van der Waals surface area contributed by atoms with Crippen molar-refractivity contribution >= 4 is 31.9 Å². The van der Waals surface area contributed by atoms with E-state index in [9.17, 15) is 13.2 Å². The lowest BCUT2D eigenvalue weighted by atomic mass is 10.2. The Hall–Kier alpha value is -1.64. The van der Waals surface area contributed by atoms with Crippen LogP contribution in [0.1, 0.15) is 29.0 Å². The highest BCUT2D eigenvalue weighted by molar-refractivity contribution is 9.10. The molecule has 0 bridgehead atoms. The van der Waals surface area contributed by atoms with Crippen LogP contribution in [0, 0.1) is 0 Å². The Morgan fingerprint density at radius 1 is 1.17 bits per heavy atom. The summed E-state index contributed by atoms with van der Waals surface area (Å²) in [5, 5.41) is 2.71. The second-order valence-corrected chi connectivity index (χ2v) is 7.82. The van der Waals surface area contributed by atoms with Gasteiger partial charge in [0.25, 0.3) is 5.91 Å². The number of sulfonamides is 1. The van der Waals surface area contributed by atoms with Crippen LogP contribution in [0.15, 0.2) is 50.4 Å². The summed E-state index contributed by atoms with van der Waals surface area (Å²) in [5.74, 6) is -0.118. The van der Waals surface area contributed by atoms with Crippen LogP contribution in [0.5, 0.6) is 0 Å². The third kappa shape index (κ3) is 4.21. The van der Waals surface area contributed by atoms with Crippen LogP contribution in [0.4, 0.5) is 0 Å². The van der Waals surface area contributed by atoms with E-state index in [-0.39, 0.29) is 29.1 Å². The summed E-state index contributed by atoms with van der Waals surface area (Å²) in [6.07, 6.45) is 1.79. The molecular weight excluding hydrogens is 384 g/mol. The van der Waals surface area contributed by atoms with Crippen molar-refractivity contribution in [2.24, 2.45) is 0 Å². The molecule has 0 aliphatic heterocycles. The Morgan fingerprint density at radius 3 is 2.43 bits per heavy atom. The molecule has 0 unspecified atom stereocenters. The van der Waals surface area contributed by atoms with Crippen LogP contribution < -0.4 is 10.0 Å². The van der Waals surface area contributed by atoms with Crippen molar-refractivity contribution in [2.45, 2.75) is 30.3 Å². The van der Waals surface area contributed by atoms with Gasteiger partial charge in [0.15, 0.2) is 10.4 Å². The van der Waals surface area contributed by atoms with Crippen molar-refractivity contribution in [1.82, 2.24) is 10.0 Å². The van der Waals surface area contributed by atoms with Crippen molar-refractivity contribution in [1.29, 1.82) is 0 Å². The average Bonchev–Trinajstić information content (AvgIpc) is 3.22. The molecule has 0 spiro atoms. The number of halogens is 1. The molecule has 1 aromatic carbocycles. The Labute approximate surface area is 142 Å². The first-order chi connectivity index (χ1) is 10.9. The van der Waals surface area contributed by atoms with Gasteiger partial charge in [0, 0.05) is 12.6 Å². The molecule has 6 nitrogen and oxygen atoms in total. The lowest BCUT2D eigenvalue weighted by Gasteiger charge is -2.07. The Bertz CT molecular complexity index is 810. The van der Waals surface area contributed by atoms with Gasteiger partial charge < -0.3 is 9.73 Å². The normalized spacial score (nSPS) is 14.7. The maximum Gasteiger partial charge on any atom is 0.287 e. The molecule has 1 aromatic heterocycles. The quantitative estimate of drug-likeness (QED) is 0.781. The highest BCUT2D eigenvalue weighted by Crippen LogP contribution is 2.22. The molecule has 1 fully saturated rings. The van der Waals surface area contributed by atoms with Crippen LogP contribution in [0.3, 0.4) is 0 Å². The van der Waals surface area contributed by atoms with Crippen molar-refractivity contribution in [3.63, 3.8) is 0 Å². The molecular formula is C15H15BrN2O4S. The molecule has 1 heterocycles. The first kappa shape index (κ1) is 16.2. The zero-order valence-electron chi connectivity index (χ0n) is 12.1. The number of amides is 1. The smallest absolute Gasteiger partial charge is 0.287 e. The third-order valence-corrected chi connectivity index (χ3v) is 5.35. The second kappa shape index (κ2) is 6.46. The fourth-order valence-corrected chi connectivity index (χ4v) is 3.59. The van der Waals surface area contributed by atoms with Gasteiger partial charge in [-0.2, -0.15) is 0 Å². The average molecular weight is 399 g/mol. The summed E-state index contributed by atoms with van der Waals surface area (Å²) in [6, 6.07) is 9.72. The van der Waals surface area contributed by atoms with Gasteiger partial charge in [0.1, 0.15) is 0 Å². The number of carbonyl (C=O) groups is 1. The zero-order valence-corrected chi connectivity index (χ0v) is 14.5. The first-order valence-electron chi connectivity index (χ1n) is 7.09. The van der Waals surface area contributed by atoms with Gasteiger partial charge >= 0.3 is 0 Å². The molecule has 1 amide bonds. The third-order valence-electron chi connectivity index (χ3n) is 3.38. The fourth-order valence-electron chi connectivity index (χ4n) is 1.98. The molecule has 2 N–H and O–H groups in total. The molecule has 1 aliphatic carbocycles. The van der Waals surface area contributed by atoms with E-state index in [0.29, 0.717) is 4.67 Å². The number of rotatable bonds is 6. The number of nitrogens with one attached hydrogen (secondary N) is 2. The lowest BCUT2D eigenvalue weighted by Crippen LogP contribution is -2.25. The topological polar surface area (TPSA) is 88.4 Å². The van der Waals surface area contributed by atoms with Gasteiger partial charge in [-0.25, -0.2) is 13.1 Å². The van der Waals surface area contributed by atoms with E-state index >= 15 is 0 Å². The van der Waals surface area contributed by atoms with Gasteiger partial charge in [0.05, 0.1) is 4.90 Å². The lowest BCUT2D eigenvalue weighted by molar-refractivity contribution is 0.0922. The maximum atomic E-state index is 12.0. The standard InChI is InChI=1S/C15H15BrN2O4S/c16-14-8-7-13(22-14)15(19)17-9-10-1-5-12(6-2-10)23(20,21)18-11-3-4-11/h1-2,5-8,11,18H,3-4,9H2,(H,17,19). The summed E-state index contributed by atoms with van der Waals surface area (Å²) in [5.41, 5.74) is 0.800. The summed E-state index contributed by atoms with van der Waals surface area (Å²) in [4.78, 5) is 12.1. The zero-order chi connectivity index (χ0) is 16.4. The van der Waals surface area contributed by atoms with Crippen molar-refractivity contribution < 1.29 is 17.6 Å². The number of furan rings is 1. The molecule has 8 heteroatoms. The summed E-state index contributed by atoms with van der Waals surface area (Å²) in [7, 11) is -3.44. The summed E-state index contributed by atoms with van der Waals surface area (Å²) >= 11 is 3.13. The van der Waals surface area contributed by atoms with Gasteiger partial charge in [-0.1, -0.05) is 12.1 Å². The highest BCUT2D eigenvalue weighted by atomic mass is 79.9. The van der Waals surface area contributed by atoms with Crippen LogP contribution in [0.25, 0.3) is 0 Å². The fraction of sp³-hybridized carbons (Fsp3) is 0.267. The highest BCUT2D eigenvalue weighted by Gasteiger charge is 2.27. The Morgan fingerprint density at radius 2 is 1.87 bits per heavy atom. The van der Waals surface area contributed by atoms with E-state index in [2.05, 4.69) is 26.0 Å². The second-order valence-electron chi connectivity index (χ2n) is 5.33. The molecule has 0 atom stereocenters. The molecule has 0 radical (unpaired) electrons. The molecule has 2 aromatic rings. The largest absolute Gasteiger partial charge is 0.444 e. The van der Waals surface area contributed by atoms with E-state index in [4.69, 9.17) is 4.42 Å². The molecule has 1 saturated carbocycles. The molecule has 122 valence electrons. The van der Waals surface area contributed by atoms with Crippen LogP contribution in [0.2, 0.25) is 0 Å². The number of benzene rings is 1. The van der Waals surface area contributed by atoms with E-state index in [0.717, 1.165) is 18.4 Å². The number of hydrogen-bond acceptors (Lipinski definition) is 4. The van der Waals surface area contributed by atoms with E-state index in [1.165, 1.54) is 12.1 Å². The Balaban J connectivity index is 1.60. The van der Waals surface area contributed by atoms with E-state index in [1.54, 1.807) is 24.3 Å². The van der Waals surface area contributed by atoms with Crippen molar-refractivity contribution in [3.8, 4) is 0 Å². The summed E-state index contributed by atoms with van der Waals surface area (Å²) in [6.45, 7) is 0.285. The van der Waals surface area contributed by atoms with Gasteiger partial charge in [-0.05, 0) is 58.6 Å². The minimum atomic E-state index is -3.44. The summed E-state index contributed by atoms with van der Waals surface area (Å²) < 4.78 is 32.4. The van der Waals surface area contributed by atoms with Crippen LogP contribution in [-0.2, 0) is 16.6 Å². The predicted octanol–water partition coefficient (Wildman–Crippen LogP) is 2.41. The maximum absolute atomic E-state index is 12.0. The molecule has 23 heavy (non-hydrogen) atoms. The van der Waals surface area contributed by atoms with Crippen molar-refractivity contribution in [3.05, 3.63) is 52.4 Å². The van der Waals surface area contributed by atoms with Crippen molar-refractivity contribution in [2.75, 3.05) is 0 Å².